The Hall–Kier alpha value is -0.810. The summed E-state index contributed by atoms with van der Waals surface area (Å²) in [5.74, 6) is -0.227. The molecule has 1 saturated carbocycles. The normalized spacial score (nSPS) is 16.3. The predicted octanol–water partition coefficient (Wildman–Crippen LogP) is 6.21. The third-order valence-corrected chi connectivity index (χ3v) is 5.58. The van der Waals surface area contributed by atoms with Crippen molar-refractivity contribution in [2.24, 2.45) is 9.81 Å². The zero-order valence-electron chi connectivity index (χ0n) is 14.0. The number of nitrogens with zero attached hydrogens (tertiary/aromatic N) is 2. The van der Waals surface area contributed by atoms with Crippen molar-refractivity contribution in [2.75, 3.05) is 0 Å². The zero-order chi connectivity index (χ0) is 16.8. The maximum Gasteiger partial charge on any atom is 0.138 e. The second kappa shape index (κ2) is 6.25. The molecule has 23 heavy (non-hydrogen) atoms. The van der Waals surface area contributed by atoms with Gasteiger partial charge in [0.25, 0.3) is 0 Å². The van der Waals surface area contributed by atoms with Crippen molar-refractivity contribution in [1.82, 2.24) is 4.57 Å². The fourth-order valence-corrected chi connectivity index (χ4v) is 3.67. The summed E-state index contributed by atoms with van der Waals surface area (Å²) in [6.45, 7) is 9.53. The van der Waals surface area contributed by atoms with Crippen LogP contribution >= 0.6 is 27.9 Å². The first-order valence-corrected chi connectivity index (χ1v) is 9.56. The lowest BCUT2D eigenvalue weighted by atomic mass is 9.97. The summed E-state index contributed by atoms with van der Waals surface area (Å²) in [4.78, 5) is 0. The van der Waals surface area contributed by atoms with E-state index in [2.05, 4.69) is 51.9 Å². The van der Waals surface area contributed by atoms with Crippen molar-refractivity contribution in [2.45, 2.75) is 52.3 Å². The summed E-state index contributed by atoms with van der Waals surface area (Å²) in [5.41, 5.74) is 3.21. The summed E-state index contributed by atoms with van der Waals surface area (Å²) in [6.07, 6.45) is 4.64. The molecule has 0 atom stereocenters. The van der Waals surface area contributed by atoms with Crippen LogP contribution in [0.2, 0.25) is 0 Å². The van der Waals surface area contributed by atoms with E-state index in [1.54, 1.807) is 18.0 Å². The SMILES string of the molecule is C/C(=N/SC1CC1)c1cn(CC(C)(C)C)c2cc(Br)c(F)cc12. The van der Waals surface area contributed by atoms with E-state index in [1.165, 1.54) is 12.8 Å². The highest BCUT2D eigenvalue weighted by Crippen LogP contribution is 2.36. The molecule has 2 aromatic rings. The quantitative estimate of drug-likeness (QED) is 0.443. The van der Waals surface area contributed by atoms with Crippen molar-refractivity contribution in [3.05, 3.63) is 34.2 Å². The largest absolute Gasteiger partial charge is 0.346 e. The molecule has 1 aromatic heterocycles. The summed E-state index contributed by atoms with van der Waals surface area (Å²) >= 11 is 4.97. The van der Waals surface area contributed by atoms with Gasteiger partial charge in [0.2, 0.25) is 0 Å². The first-order chi connectivity index (χ1) is 10.7. The van der Waals surface area contributed by atoms with Gasteiger partial charge in [-0.15, -0.1) is 0 Å². The lowest BCUT2D eigenvalue weighted by Gasteiger charge is -2.19. The molecule has 0 bridgehead atoms. The fraction of sp³-hybridized carbons (Fsp3) is 0.500. The molecule has 1 fully saturated rings. The number of benzene rings is 1. The average Bonchev–Trinajstić information content (AvgIpc) is 3.21. The van der Waals surface area contributed by atoms with Crippen LogP contribution in [0.3, 0.4) is 0 Å². The minimum atomic E-state index is -0.227. The Kier molecular flexibility index (Phi) is 4.62. The molecular formula is C18H22BrFN2S. The van der Waals surface area contributed by atoms with E-state index in [1.807, 2.05) is 13.0 Å². The topological polar surface area (TPSA) is 17.3 Å². The predicted molar refractivity (Wildman–Crippen MR) is 102 cm³/mol. The second-order valence-corrected chi connectivity index (χ2v) is 9.41. The molecule has 0 radical (unpaired) electrons. The summed E-state index contributed by atoms with van der Waals surface area (Å²) < 4.78 is 21.4. The molecule has 124 valence electrons. The number of halogens is 2. The molecule has 1 heterocycles. The Balaban J connectivity index is 2.09. The van der Waals surface area contributed by atoms with Crippen LogP contribution in [0.5, 0.6) is 0 Å². The highest BCUT2D eigenvalue weighted by atomic mass is 79.9. The number of aromatic nitrogens is 1. The van der Waals surface area contributed by atoms with Crippen LogP contribution in [0.1, 0.15) is 46.1 Å². The van der Waals surface area contributed by atoms with Gasteiger partial charge < -0.3 is 4.57 Å². The van der Waals surface area contributed by atoms with Gasteiger partial charge in [0.1, 0.15) is 5.82 Å². The Morgan fingerprint density at radius 3 is 2.70 bits per heavy atom. The van der Waals surface area contributed by atoms with E-state index < -0.39 is 0 Å². The van der Waals surface area contributed by atoms with Crippen LogP contribution in [0.4, 0.5) is 4.39 Å². The number of fused-ring (bicyclic) bond motifs is 1. The van der Waals surface area contributed by atoms with E-state index >= 15 is 0 Å². The Labute approximate surface area is 149 Å². The molecular weight excluding hydrogens is 375 g/mol. The highest BCUT2D eigenvalue weighted by Gasteiger charge is 2.23. The molecule has 0 saturated heterocycles. The van der Waals surface area contributed by atoms with Gasteiger partial charge in [-0.25, -0.2) is 8.79 Å². The molecule has 2 nitrogen and oxygen atoms in total. The summed E-state index contributed by atoms with van der Waals surface area (Å²) in [7, 11) is 0. The van der Waals surface area contributed by atoms with Gasteiger partial charge in [-0.2, -0.15) is 0 Å². The van der Waals surface area contributed by atoms with Crippen molar-refractivity contribution >= 4 is 44.5 Å². The smallest absolute Gasteiger partial charge is 0.138 e. The van der Waals surface area contributed by atoms with Crippen LogP contribution in [0.25, 0.3) is 10.9 Å². The monoisotopic (exact) mass is 396 g/mol. The Morgan fingerprint density at radius 2 is 2.09 bits per heavy atom. The highest BCUT2D eigenvalue weighted by molar-refractivity contribution is 9.10. The number of rotatable bonds is 4. The third-order valence-electron chi connectivity index (χ3n) is 3.82. The van der Waals surface area contributed by atoms with Gasteiger partial charge in [0, 0.05) is 28.9 Å². The van der Waals surface area contributed by atoms with E-state index in [4.69, 9.17) is 0 Å². The standard InChI is InChI=1S/C18H22BrFN2S/c1-11(21-23-12-5-6-12)14-9-22(10-18(2,3)4)17-8-15(19)16(20)7-13(14)17/h7-9,12H,5-6,10H2,1-4H3/b21-11-. The van der Waals surface area contributed by atoms with Crippen molar-refractivity contribution in [3.63, 3.8) is 0 Å². The molecule has 1 aliphatic carbocycles. The molecule has 0 amide bonds. The van der Waals surface area contributed by atoms with E-state index in [0.29, 0.717) is 9.72 Å². The molecule has 1 aliphatic rings. The van der Waals surface area contributed by atoms with Gasteiger partial charge in [-0.1, -0.05) is 20.8 Å². The Bertz CT molecular complexity index is 769. The average molecular weight is 397 g/mol. The van der Waals surface area contributed by atoms with Crippen molar-refractivity contribution in [3.8, 4) is 0 Å². The first-order valence-electron chi connectivity index (χ1n) is 7.93. The minimum Gasteiger partial charge on any atom is -0.346 e. The summed E-state index contributed by atoms with van der Waals surface area (Å²) in [6, 6.07) is 3.50. The van der Waals surface area contributed by atoms with E-state index in [0.717, 1.165) is 28.7 Å². The maximum atomic E-state index is 14.1. The first kappa shape index (κ1) is 17.0. The van der Waals surface area contributed by atoms with Gasteiger partial charge in [-0.3, -0.25) is 0 Å². The summed E-state index contributed by atoms with van der Waals surface area (Å²) in [5, 5.41) is 1.62. The maximum absolute atomic E-state index is 14.1. The van der Waals surface area contributed by atoms with E-state index in [-0.39, 0.29) is 11.2 Å². The van der Waals surface area contributed by atoms with Crippen molar-refractivity contribution in [1.29, 1.82) is 0 Å². The van der Waals surface area contributed by atoms with Crippen LogP contribution in [-0.2, 0) is 6.54 Å². The molecule has 0 spiro atoms. The molecule has 0 aliphatic heterocycles. The molecule has 3 rings (SSSR count). The molecule has 5 heteroatoms. The van der Waals surface area contributed by atoms with Gasteiger partial charge in [-0.05, 0) is 65.2 Å². The lowest BCUT2D eigenvalue weighted by Crippen LogP contribution is -2.14. The molecule has 0 unspecified atom stereocenters. The Morgan fingerprint density at radius 1 is 1.39 bits per heavy atom. The fourth-order valence-electron chi connectivity index (χ4n) is 2.59. The van der Waals surface area contributed by atoms with Crippen LogP contribution in [-0.4, -0.2) is 15.5 Å². The lowest BCUT2D eigenvalue weighted by molar-refractivity contribution is 0.349. The van der Waals surface area contributed by atoms with Crippen LogP contribution in [0.15, 0.2) is 27.2 Å². The number of hydrogen-bond acceptors (Lipinski definition) is 2. The minimum absolute atomic E-state index is 0.151. The molecule has 0 N–H and O–H groups in total. The van der Waals surface area contributed by atoms with Gasteiger partial charge >= 0.3 is 0 Å². The zero-order valence-corrected chi connectivity index (χ0v) is 16.4. The van der Waals surface area contributed by atoms with Gasteiger partial charge in [0.15, 0.2) is 0 Å². The van der Waals surface area contributed by atoms with Crippen LogP contribution < -0.4 is 0 Å². The third kappa shape index (κ3) is 4.00. The second-order valence-electron chi connectivity index (χ2n) is 7.50. The van der Waals surface area contributed by atoms with Crippen LogP contribution in [0, 0.1) is 11.2 Å². The van der Waals surface area contributed by atoms with Crippen molar-refractivity contribution < 1.29 is 4.39 Å². The molecule has 1 aromatic carbocycles. The van der Waals surface area contributed by atoms with E-state index in [9.17, 15) is 4.39 Å². The number of hydrogen-bond donors (Lipinski definition) is 0. The van der Waals surface area contributed by atoms with Gasteiger partial charge in [0.05, 0.1) is 15.7 Å².